The molecule has 0 unspecified atom stereocenters. The van der Waals surface area contributed by atoms with Gasteiger partial charge in [-0.2, -0.15) is 5.10 Å². The number of nitrogens with zero attached hydrogens (tertiary/aromatic N) is 7. The van der Waals surface area contributed by atoms with Gasteiger partial charge in [0, 0.05) is 18.0 Å². The van der Waals surface area contributed by atoms with Gasteiger partial charge >= 0.3 is 0 Å². The maximum Gasteiger partial charge on any atom is 0.231 e. The Kier molecular flexibility index (Phi) is 4.80. The van der Waals surface area contributed by atoms with Gasteiger partial charge in [0.1, 0.15) is 12.7 Å². The summed E-state index contributed by atoms with van der Waals surface area (Å²) in [6.07, 6.45) is 4.82. The third-order valence-corrected chi connectivity index (χ3v) is 5.65. The van der Waals surface area contributed by atoms with Crippen LogP contribution in [0.3, 0.4) is 0 Å². The Labute approximate surface area is 160 Å². The van der Waals surface area contributed by atoms with Crippen LogP contribution in [0.5, 0.6) is 0 Å². The minimum absolute atomic E-state index is 0.0145. The predicted molar refractivity (Wildman–Crippen MR) is 102 cm³/mol. The first kappa shape index (κ1) is 17.5. The first-order valence-electron chi connectivity index (χ1n) is 8.79. The van der Waals surface area contributed by atoms with Gasteiger partial charge in [-0.25, -0.2) is 14.6 Å². The van der Waals surface area contributed by atoms with Crippen LogP contribution >= 0.6 is 11.3 Å². The van der Waals surface area contributed by atoms with Gasteiger partial charge in [-0.05, 0) is 38.8 Å². The lowest BCUT2D eigenvalue weighted by Gasteiger charge is -2.32. The molecular weight excluding hydrogens is 364 g/mol. The number of amides is 1. The zero-order chi connectivity index (χ0) is 18.8. The van der Waals surface area contributed by atoms with Crippen LogP contribution in [0.2, 0.25) is 0 Å². The minimum Gasteiger partial charge on any atom is -0.354 e. The Hall–Kier alpha value is -2.88. The predicted octanol–water partition coefficient (Wildman–Crippen LogP) is 1.99. The lowest BCUT2D eigenvalue weighted by Crippen LogP contribution is -2.41. The Morgan fingerprint density at radius 1 is 1.26 bits per heavy atom. The molecule has 4 heterocycles. The van der Waals surface area contributed by atoms with Crippen molar-refractivity contribution in [1.29, 1.82) is 0 Å². The van der Waals surface area contributed by atoms with Crippen molar-refractivity contribution in [3.8, 4) is 5.82 Å². The standard InChI is InChI=1S/C17H20N8OS/c1-11-12(2)27-17(20-11)21-16(26)13-4-3-7-24(8-13)14-5-6-15(23-22-14)25-10-18-9-19-25/h5-6,9-10,13H,3-4,7-8H2,1-2H3,(H,20,21,26)/t13-/m0/s1. The first-order valence-corrected chi connectivity index (χ1v) is 9.60. The summed E-state index contributed by atoms with van der Waals surface area (Å²) in [7, 11) is 0. The SMILES string of the molecule is Cc1nc(NC(=O)[C@H]2CCCN(c3ccc(-n4cncn4)nn3)C2)sc1C. The van der Waals surface area contributed by atoms with Crippen molar-refractivity contribution in [3.05, 3.63) is 35.4 Å². The van der Waals surface area contributed by atoms with Crippen LogP contribution < -0.4 is 10.2 Å². The van der Waals surface area contributed by atoms with Gasteiger partial charge in [0.15, 0.2) is 16.8 Å². The number of carbonyl (C=O) groups excluding carboxylic acids is 1. The average molecular weight is 384 g/mol. The molecule has 10 heteroatoms. The number of piperidine rings is 1. The fourth-order valence-electron chi connectivity index (χ4n) is 3.07. The van der Waals surface area contributed by atoms with E-state index >= 15 is 0 Å². The number of aryl methyl sites for hydroxylation is 2. The monoisotopic (exact) mass is 384 g/mol. The minimum atomic E-state index is -0.0972. The molecule has 0 aliphatic carbocycles. The molecule has 0 saturated carbocycles. The number of carbonyl (C=O) groups is 1. The molecule has 1 amide bonds. The number of thiazole rings is 1. The third kappa shape index (κ3) is 3.80. The van der Waals surface area contributed by atoms with Gasteiger partial charge < -0.3 is 10.2 Å². The van der Waals surface area contributed by atoms with Crippen LogP contribution in [0.25, 0.3) is 5.82 Å². The molecule has 9 nitrogen and oxygen atoms in total. The molecule has 0 bridgehead atoms. The van der Waals surface area contributed by atoms with Crippen LogP contribution in [0.1, 0.15) is 23.4 Å². The first-order chi connectivity index (χ1) is 13.1. The molecule has 1 atom stereocenters. The van der Waals surface area contributed by atoms with Crippen molar-refractivity contribution in [1.82, 2.24) is 29.9 Å². The highest BCUT2D eigenvalue weighted by Crippen LogP contribution is 2.25. The number of hydrogen-bond acceptors (Lipinski definition) is 8. The summed E-state index contributed by atoms with van der Waals surface area (Å²) in [5.41, 5.74) is 0.961. The molecule has 0 aromatic carbocycles. The smallest absolute Gasteiger partial charge is 0.231 e. The van der Waals surface area contributed by atoms with Gasteiger partial charge in [0.05, 0.1) is 11.6 Å². The number of rotatable bonds is 4. The second-order valence-corrected chi connectivity index (χ2v) is 7.73. The number of nitrogens with one attached hydrogen (secondary N) is 1. The van der Waals surface area contributed by atoms with Gasteiger partial charge in [-0.3, -0.25) is 4.79 Å². The van der Waals surface area contributed by atoms with Crippen LogP contribution in [-0.4, -0.2) is 48.9 Å². The molecule has 1 N–H and O–H groups in total. The summed E-state index contributed by atoms with van der Waals surface area (Å²) in [6.45, 7) is 5.43. The van der Waals surface area contributed by atoms with Gasteiger partial charge in [-0.15, -0.1) is 21.5 Å². The summed E-state index contributed by atoms with van der Waals surface area (Å²) in [5, 5.41) is 16.2. The second-order valence-electron chi connectivity index (χ2n) is 6.52. The summed E-state index contributed by atoms with van der Waals surface area (Å²) in [5.74, 6) is 1.29. The van der Waals surface area contributed by atoms with Gasteiger partial charge in [-0.1, -0.05) is 0 Å². The van der Waals surface area contributed by atoms with Crippen molar-refractivity contribution < 1.29 is 4.79 Å². The highest BCUT2D eigenvalue weighted by molar-refractivity contribution is 7.15. The van der Waals surface area contributed by atoms with E-state index in [1.54, 1.807) is 11.0 Å². The molecule has 3 aromatic heterocycles. The summed E-state index contributed by atoms with van der Waals surface area (Å²) < 4.78 is 1.56. The van der Waals surface area contributed by atoms with Crippen LogP contribution in [0.4, 0.5) is 10.9 Å². The van der Waals surface area contributed by atoms with E-state index in [-0.39, 0.29) is 11.8 Å². The fraction of sp³-hybridized carbons (Fsp3) is 0.412. The van der Waals surface area contributed by atoms with Crippen LogP contribution in [0.15, 0.2) is 24.8 Å². The Morgan fingerprint density at radius 3 is 2.74 bits per heavy atom. The molecule has 1 fully saturated rings. The Balaban J connectivity index is 1.42. The zero-order valence-corrected chi connectivity index (χ0v) is 16.0. The van der Waals surface area contributed by atoms with Gasteiger partial charge in [0.2, 0.25) is 5.91 Å². The van der Waals surface area contributed by atoms with E-state index in [0.717, 1.165) is 35.8 Å². The molecular formula is C17H20N8OS. The quantitative estimate of drug-likeness (QED) is 0.734. The average Bonchev–Trinajstić information content (AvgIpc) is 3.32. The summed E-state index contributed by atoms with van der Waals surface area (Å²) in [6, 6.07) is 3.75. The van der Waals surface area contributed by atoms with E-state index in [4.69, 9.17) is 0 Å². The highest BCUT2D eigenvalue weighted by Gasteiger charge is 2.27. The molecule has 0 radical (unpaired) electrons. The van der Waals surface area contributed by atoms with E-state index in [0.29, 0.717) is 17.5 Å². The molecule has 140 valence electrons. The molecule has 1 saturated heterocycles. The van der Waals surface area contributed by atoms with Crippen LogP contribution in [0, 0.1) is 19.8 Å². The van der Waals surface area contributed by atoms with Crippen LogP contribution in [-0.2, 0) is 4.79 Å². The number of hydrogen-bond donors (Lipinski definition) is 1. The van der Waals surface area contributed by atoms with Crippen molar-refractivity contribution in [2.45, 2.75) is 26.7 Å². The highest BCUT2D eigenvalue weighted by atomic mass is 32.1. The molecule has 1 aliphatic heterocycles. The lowest BCUT2D eigenvalue weighted by molar-refractivity contribution is -0.120. The van der Waals surface area contributed by atoms with E-state index in [2.05, 4.69) is 35.5 Å². The summed E-state index contributed by atoms with van der Waals surface area (Å²) >= 11 is 1.51. The van der Waals surface area contributed by atoms with E-state index < -0.39 is 0 Å². The second kappa shape index (κ2) is 7.39. The van der Waals surface area contributed by atoms with Crippen molar-refractivity contribution in [3.63, 3.8) is 0 Å². The van der Waals surface area contributed by atoms with Gasteiger partial charge in [0.25, 0.3) is 0 Å². The Bertz CT molecular complexity index is 902. The number of aromatic nitrogens is 6. The topological polar surface area (TPSA) is 102 Å². The van der Waals surface area contributed by atoms with E-state index in [1.807, 2.05) is 26.0 Å². The Morgan fingerprint density at radius 2 is 2.07 bits per heavy atom. The largest absolute Gasteiger partial charge is 0.354 e. The fourth-order valence-corrected chi connectivity index (χ4v) is 3.89. The van der Waals surface area contributed by atoms with E-state index in [1.165, 1.54) is 17.7 Å². The van der Waals surface area contributed by atoms with Crippen molar-refractivity contribution >= 4 is 28.2 Å². The maximum absolute atomic E-state index is 12.6. The molecule has 4 rings (SSSR count). The lowest BCUT2D eigenvalue weighted by atomic mass is 9.97. The summed E-state index contributed by atoms with van der Waals surface area (Å²) in [4.78, 5) is 24.2. The molecule has 0 spiro atoms. The van der Waals surface area contributed by atoms with Crippen molar-refractivity contribution in [2.24, 2.45) is 5.92 Å². The third-order valence-electron chi connectivity index (χ3n) is 4.66. The van der Waals surface area contributed by atoms with Crippen molar-refractivity contribution in [2.75, 3.05) is 23.3 Å². The normalized spacial score (nSPS) is 17.1. The molecule has 27 heavy (non-hydrogen) atoms. The molecule has 3 aromatic rings. The number of anilines is 2. The van der Waals surface area contributed by atoms with E-state index in [9.17, 15) is 4.79 Å². The molecule has 1 aliphatic rings. The maximum atomic E-state index is 12.6. The zero-order valence-electron chi connectivity index (χ0n) is 15.2.